The number of ether oxygens (including phenoxy) is 1. The van der Waals surface area contributed by atoms with E-state index in [1.165, 1.54) is 16.7 Å². The van der Waals surface area contributed by atoms with E-state index in [1.807, 2.05) is 24.5 Å². The predicted molar refractivity (Wildman–Crippen MR) is 105 cm³/mol. The van der Waals surface area contributed by atoms with Gasteiger partial charge < -0.3 is 10.1 Å². The summed E-state index contributed by atoms with van der Waals surface area (Å²) in [6.07, 6.45) is 5.21. The summed E-state index contributed by atoms with van der Waals surface area (Å²) in [6, 6.07) is 7.34. The lowest BCUT2D eigenvalue weighted by Gasteiger charge is -2.19. The number of hydrogen-bond donors (Lipinski definition) is 1. The van der Waals surface area contributed by atoms with E-state index in [4.69, 9.17) is 4.74 Å². The number of carbonyl (C=O) groups is 4. The van der Waals surface area contributed by atoms with Gasteiger partial charge in [-0.05, 0) is 31.2 Å². The van der Waals surface area contributed by atoms with Crippen molar-refractivity contribution in [2.45, 2.75) is 37.0 Å². The molecule has 1 saturated carbocycles. The zero-order chi connectivity index (χ0) is 20.1. The zero-order valence-corrected chi connectivity index (χ0v) is 16.6. The number of nitrogens with zero attached hydrogens (tertiary/aromatic N) is 1. The molecule has 0 unspecified atom stereocenters. The first-order chi connectivity index (χ1) is 13.5. The van der Waals surface area contributed by atoms with Crippen LogP contribution in [0.2, 0.25) is 0 Å². The Morgan fingerprint density at radius 1 is 1.14 bits per heavy atom. The van der Waals surface area contributed by atoms with Crippen molar-refractivity contribution in [3.63, 3.8) is 0 Å². The smallest absolute Gasteiger partial charge is 0.308 e. The molecule has 2 aliphatic rings. The minimum absolute atomic E-state index is 0.0143. The molecule has 1 aliphatic carbocycles. The Labute approximate surface area is 168 Å². The van der Waals surface area contributed by atoms with Gasteiger partial charge in [0.1, 0.15) is 0 Å². The summed E-state index contributed by atoms with van der Waals surface area (Å²) in [5, 5.41) is 2.71. The molecule has 2 fully saturated rings. The minimum Gasteiger partial charge on any atom is -0.456 e. The Bertz CT molecular complexity index is 758. The van der Waals surface area contributed by atoms with Crippen LogP contribution in [0.15, 0.2) is 29.2 Å². The summed E-state index contributed by atoms with van der Waals surface area (Å²) in [5.41, 5.74) is 0.659. The number of amides is 3. The van der Waals surface area contributed by atoms with E-state index in [-0.39, 0.29) is 36.6 Å². The maximum Gasteiger partial charge on any atom is 0.308 e. The Kier molecular flexibility index (Phi) is 6.72. The van der Waals surface area contributed by atoms with Crippen LogP contribution < -0.4 is 5.32 Å². The highest BCUT2D eigenvalue weighted by molar-refractivity contribution is 7.98. The molecule has 7 nitrogen and oxygen atoms in total. The van der Waals surface area contributed by atoms with E-state index < -0.39 is 18.5 Å². The highest BCUT2D eigenvalue weighted by Crippen LogP contribution is 2.37. The standard InChI is InChI=1S/C20H24N2O5S/c1-28-16-9-5-4-8-15(16)21-17(23)12-27-18(24)10-11-22-19(25)13-6-2-3-7-14(13)20(22)26/h4-5,8-9,13-14H,2-3,6-7,10-12H2,1H3,(H,21,23)/t13-,14+. The molecule has 0 bridgehead atoms. The van der Waals surface area contributed by atoms with Crippen molar-refractivity contribution >= 4 is 41.1 Å². The maximum absolute atomic E-state index is 12.4. The molecule has 0 aromatic heterocycles. The van der Waals surface area contributed by atoms with Gasteiger partial charge in [0.25, 0.3) is 5.91 Å². The second-order valence-electron chi connectivity index (χ2n) is 6.98. The molecular weight excluding hydrogens is 380 g/mol. The molecule has 1 saturated heterocycles. The van der Waals surface area contributed by atoms with E-state index in [0.29, 0.717) is 5.69 Å². The van der Waals surface area contributed by atoms with E-state index in [9.17, 15) is 19.2 Å². The normalized spacial score (nSPS) is 21.4. The van der Waals surface area contributed by atoms with Gasteiger partial charge in [0.05, 0.1) is 23.9 Å². The first kappa shape index (κ1) is 20.4. The van der Waals surface area contributed by atoms with Crippen molar-refractivity contribution in [1.82, 2.24) is 4.90 Å². The molecule has 1 aliphatic heterocycles. The number of anilines is 1. The van der Waals surface area contributed by atoms with Crippen molar-refractivity contribution in [1.29, 1.82) is 0 Å². The summed E-state index contributed by atoms with van der Waals surface area (Å²) in [6.45, 7) is -0.394. The lowest BCUT2D eigenvalue weighted by atomic mass is 9.81. The Morgan fingerprint density at radius 3 is 2.43 bits per heavy atom. The first-order valence-corrected chi connectivity index (χ1v) is 10.7. The van der Waals surface area contributed by atoms with Gasteiger partial charge in [-0.25, -0.2) is 0 Å². The second-order valence-corrected chi connectivity index (χ2v) is 7.83. The van der Waals surface area contributed by atoms with E-state index >= 15 is 0 Å². The Hall–Kier alpha value is -2.35. The van der Waals surface area contributed by atoms with E-state index in [1.54, 1.807) is 6.07 Å². The second kappa shape index (κ2) is 9.23. The third kappa shape index (κ3) is 4.55. The summed E-state index contributed by atoms with van der Waals surface area (Å²) in [4.78, 5) is 50.8. The highest BCUT2D eigenvalue weighted by atomic mass is 32.2. The summed E-state index contributed by atoms with van der Waals surface area (Å²) >= 11 is 1.50. The van der Waals surface area contributed by atoms with Crippen molar-refractivity contribution in [3.05, 3.63) is 24.3 Å². The van der Waals surface area contributed by atoms with Gasteiger partial charge in [-0.15, -0.1) is 11.8 Å². The molecule has 3 amide bonds. The van der Waals surface area contributed by atoms with Gasteiger partial charge in [0, 0.05) is 11.4 Å². The predicted octanol–water partition coefficient (Wildman–Crippen LogP) is 2.46. The third-order valence-electron chi connectivity index (χ3n) is 5.22. The van der Waals surface area contributed by atoms with E-state index in [0.717, 1.165) is 30.6 Å². The average molecular weight is 404 g/mol. The Balaban J connectivity index is 1.44. The molecule has 28 heavy (non-hydrogen) atoms. The summed E-state index contributed by atoms with van der Waals surface area (Å²) in [7, 11) is 0. The van der Waals surface area contributed by atoms with Gasteiger partial charge in [-0.1, -0.05) is 25.0 Å². The van der Waals surface area contributed by atoms with Crippen LogP contribution >= 0.6 is 11.8 Å². The highest BCUT2D eigenvalue weighted by Gasteiger charge is 2.47. The van der Waals surface area contributed by atoms with Gasteiger partial charge in [0.2, 0.25) is 11.8 Å². The number of nitrogens with one attached hydrogen (secondary N) is 1. The summed E-state index contributed by atoms with van der Waals surface area (Å²) in [5.74, 6) is -1.83. The number of benzene rings is 1. The number of rotatable bonds is 7. The number of hydrogen-bond acceptors (Lipinski definition) is 6. The van der Waals surface area contributed by atoms with Gasteiger partial charge in [-0.3, -0.25) is 24.1 Å². The van der Waals surface area contributed by atoms with Crippen molar-refractivity contribution < 1.29 is 23.9 Å². The lowest BCUT2D eigenvalue weighted by molar-refractivity contribution is -0.148. The SMILES string of the molecule is CSc1ccccc1NC(=O)COC(=O)CCN1C(=O)[C@H]2CCCC[C@H]2C1=O. The molecule has 3 rings (SSSR count). The van der Waals surface area contributed by atoms with Crippen LogP contribution in [0.25, 0.3) is 0 Å². The number of para-hydroxylation sites is 1. The summed E-state index contributed by atoms with van der Waals surface area (Å²) < 4.78 is 4.99. The van der Waals surface area contributed by atoms with Gasteiger partial charge in [0.15, 0.2) is 6.61 Å². The zero-order valence-electron chi connectivity index (χ0n) is 15.8. The molecular formula is C20H24N2O5S. The van der Waals surface area contributed by atoms with Crippen LogP contribution in [0.1, 0.15) is 32.1 Å². The first-order valence-electron chi connectivity index (χ1n) is 9.45. The fraction of sp³-hybridized carbons (Fsp3) is 0.500. The minimum atomic E-state index is -0.608. The molecule has 1 heterocycles. The molecule has 8 heteroatoms. The molecule has 1 aromatic rings. The number of thioether (sulfide) groups is 1. The lowest BCUT2D eigenvalue weighted by Crippen LogP contribution is -2.33. The van der Waals surface area contributed by atoms with Crippen LogP contribution in [0.5, 0.6) is 0 Å². The monoisotopic (exact) mass is 404 g/mol. The molecule has 150 valence electrons. The van der Waals surface area contributed by atoms with E-state index in [2.05, 4.69) is 5.32 Å². The van der Waals surface area contributed by atoms with Crippen LogP contribution in [0, 0.1) is 11.8 Å². The molecule has 2 atom stereocenters. The van der Waals surface area contributed by atoms with Crippen molar-refractivity contribution in [2.24, 2.45) is 11.8 Å². The maximum atomic E-state index is 12.4. The van der Waals surface area contributed by atoms with Gasteiger partial charge in [-0.2, -0.15) is 0 Å². The third-order valence-corrected chi connectivity index (χ3v) is 6.01. The molecule has 0 spiro atoms. The van der Waals surface area contributed by atoms with Crippen molar-refractivity contribution in [3.8, 4) is 0 Å². The fourth-order valence-electron chi connectivity index (χ4n) is 3.81. The molecule has 1 aromatic carbocycles. The number of carbonyl (C=O) groups excluding carboxylic acids is 4. The quantitative estimate of drug-likeness (QED) is 0.426. The van der Waals surface area contributed by atoms with Gasteiger partial charge >= 0.3 is 5.97 Å². The van der Waals surface area contributed by atoms with Crippen LogP contribution in [0.4, 0.5) is 5.69 Å². The molecule has 0 radical (unpaired) electrons. The average Bonchev–Trinajstić information content (AvgIpc) is 2.95. The molecule has 1 N–H and O–H groups in total. The largest absolute Gasteiger partial charge is 0.456 e. The number of imide groups is 1. The van der Waals surface area contributed by atoms with Crippen LogP contribution in [-0.4, -0.2) is 48.0 Å². The number of fused-ring (bicyclic) bond motifs is 1. The topological polar surface area (TPSA) is 92.8 Å². The number of esters is 1. The van der Waals surface area contributed by atoms with Crippen LogP contribution in [0.3, 0.4) is 0 Å². The Morgan fingerprint density at radius 2 is 1.79 bits per heavy atom. The number of likely N-dealkylation sites (tertiary alicyclic amines) is 1. The van der Waals surface area contributed by atoms with Crippen molar-refractivity contribution in [2.75, 3.05) is 24.7 Å². The fourth-order valence-corrected chi connectivity index (χ4v) is 4.36. The van der Waals surface area contributed by atoms with Crippen LogP contribution in [-0.2, 0) is 23.9 Å².